The second-order valence-electron chi connectivity index (χ2n) is 2.66. The zero-order valence-corrected chi connectivity index (χ0v) is 7.94. The van der Waals surface area contributed by atoms with Crippen molar-refractivity contribution in [1.82, 2.24) is 4.90 Å². The quantitative estimate of drug-likeness (QED) is 0.648. The molecule has 2 nitrogen and oxygen atoms in total. The van der Waals surface area contributed by atoms with Gasteiger partial charge in [0.15, 0.2) is 5.09 Å². The van der Waals surface area contributed by atoms with Gasteiger partial charge in [-0.15, -0.1) is 0 Å². The van der Waals surface area contributed by atoms with Crippen LogP contribution in [-0.2, 0) is 6.54 Å². The standard InChI is InChI=1S/C8H13NOS/c1-9(2)6-7-4-5-8(10-7)11-3/h4-5H,6H2,1-3H3. The van der Waals surface area contributed by atoms with E-state index in [2.05, 4.69) is 4.90 Å². The molecule has 0 radical (unpaired) electrons. The Bertz CT molecular complexity index is 220. The van der Waals surface area contributed by atoms with Crippen molar-refractivity contribution >= 4 is 11.8 Å². The van der Waals surface area contributed by atoms with E-state index in [1.54, 1.807) is 11.8 Å². The third-order valence-corrected chi connectivity index (χ3v) is 1.93. The van der Waals surface area contributed by atoms with Gasteiger partial charge in [-0.25, -0.2) is 0 Å². The van der Waals surface area contributed by atoms with Gasteiger partial charge in [-0.05, 0) is 32.5 Å². The molecular weight excluding hydrogens is 158 g/mol. The molecule has 0 bridgehead atoms. The smallest absolute Gasteiger partial charge is 0.160 e. The molecule has 1 rings (SSSR count). The van der Waals surface area contributed by atoms with Gasteiger partial charge in [-0.2, -0.15) is 0 Å². The number of nitrogens with zero attached hydrogens (tertiary/aromatic N) is 1. The van der Waals surface area contributed by atoms with Crippen LogP contribution >= 0.6 is 11.8 Å². The Balaban J connectivity index is 2.58. The first-order chi connectivity index (χ1) is 5.22. The van der Waals surface area contributed by atoms with Crippen LogP contribution in [0.1, 0.15) is 5.76 Å². The van der Waals surface area contributed by atoms with E-state index in [1.165, 1.54) is 0 Å². The Morgan fingerprint density at radius 2 is 2.18 bits per heavy atom. The lowest BCUT2D eigenvalue weighted by Gasteiger charge is -2.05. The molecule has 0 fully saturated rings. The van der Waals surface area contributed by atoms with Gasteiger partial charge in [0.25, 0.3) is 0 Å². The molecule has 0 aliphatic carbocycles. The van der Waals surface area contributed by atoms with Gasteiger partial charge in [0.05, 0.1) is 6.54 Å². The van der Waals surface area contributed by atoms with E-state index in [1.807, 2.05) is 32.5 Å². The molecule has 0 spiro atoms. The lowest BCUT2D eigenvalue weighted by molar-refractivity contribution is 0.329. The van der Waals surface area contributed by atoms with E-state index in [4.69, 9.17) is 4.42 Å². The normalized spacial score (nSPS) is 10.9. The molecule has 0 amide bonds. The molecule has 0 saturated carbocycles. The Labute approximate surface area is 71.6 Å². The molecule has 0 aliphatic heterocycles. The minimum atomic E-state index is 0.876. The summed E-state index contributed by atoms with van der Waals surface area (Å²) in [6.07, 6.45) is 2.01. The molecule has 11 heavy (non-hydrogen) atoms. The highest BCUT2D eigenvalue weighted by Crippen LogP contribution is 2.18. The highest BCUT2D eigenvalue weighted by Gasteiger charge is 2.00. The van der Waals surface area contributed by atoms with Gasteiger partial charge in [-0.3, -0.25) is 0 Å². The molecule has 3 heteroatoms. The fourth-order valence-electron chi connectivity index (χ4n) is 0.865. The first-order valence-corrected chi connectivity index (χ1v) is 4.72. The summed E-state index contributed by atoms with van der Waals surface area (Å²) in [5.41, 5.74) is 0. The van der Waals surface area contributed by atoms with E-state index in [-0.39, 0.29) is 0 Å². The van der Waals surface area contributed by atoms with Gasteiger partial charge < -0.3 is 9.32 Å². The topological polar surface area (TPSA) is 16.4 Å². The van der Waals surface area contributed by atoms with Gasteiger partial charge in [0.1, 0.15) is 5.76 Å². The van der Waals surface area contributed by atoms with Crippen LogP contribution in [0.2, 0.25) is 0 Å². The Morgan fingerprint density at radius 3 is 2.64 bits per heavy atom. The first kappa shape index (κ1) is 8.68. The molecule has 1 heterocycles. The summed E-state index contributed by atoms with van der Waals surface area (Å²) in [4.78, 5) is 2.09. The maximum atomic E-state index is 5.46. The summed E-state index contributed by atoms with van der Waals surface area (Å²) in [5, 5.41) is 0.988. The van der Waals surface area contributed by atoms with Crippen LogP contribution in [0.25, 0.3) is 0 Å². The van der Waals surface area contributed by atoms with E-state index in [9.17, 15) is 0 Å². The maximum Gasteiger partial charge on any atom is 0.160 e. The molecule has 0 unspecified atom stereocenters. The van der Waals surface area contributed by atoms with Crippen molar-refractivity contribution in [2.75, 3.05) is 20.4 Å². The summed E-state index contributed by atoms with van der Waals surface area (Å²) in [6.45, 7) is 0.876. The monoisotopic (exact) mass is 171 g/mol. The molecule has 0 saturated heterocycles. The van der Waals surface area contributed by atoms with Crippen molar-refractivity contribution in [2.45, 2.75) is 11.6 Å². The molecule has 1 aromatic heterocycles. The second-order valence-corrected chi connectivity index (χ2v) is 3.47. The highest BCUT2D eigenvalue weighted by molar-refractivity contribution is 7.98. The first-order valence-electron chi connectivity index (χ1n) is 3.50. The van der Waals surface area contributed by atoms with Gasteiger partial charge >= 0.3 is 0 Å². The van der Waals surface area contributed by atoms with Crippen molar-refractivity contribution in [2.24, 2.45) is 0 Å². The van der Waals surface area contributed by atoms with Crippen LogP contribution in [0.5, 0.6) is 0 Å². The van der Waals surface area contributed by atoms with Crippen LogP contribution in [0.4, 0.5) is 0 Å². The van der Waals surface area contributed by atoms with Crippen molar-refractivity contribution in [1.29, 1.82) is 0 Å². The third kappa shape index (κ3) is 2.60. The summed E-state index contributed by atoms with van der Waals surface area (Å²) >= 11 is 1.63. The maximum absolute atomic E-state index is 5.46. The number of furan rings is 1. The Kier molecular flexibility index (Phi) is 3.02. The molecule has 1 aromatic rings. The van der Waals surface area contributed by atoms with Crippen LogP contribution in [-0.4, -0.2) is 25.3 Å². The lowest BCUT2D eigenvalue weighted by atomic mass is 10.4. The Hall–Kier alpha value is -0.410. The molecule has 0 N–H and O–H groups in total. The second kappa shape index (κ2) is 3.83. The summed E-state index contributed by atoms with van der Waals surface area (Å²) < 4.78 is 5.46. The van der Waals surface area contributed by atoms with Crippen molar-refractivity contribution in [3.05, 3.63) is 17.9 Å². The van der Waals surface area contributed by atoms with E-state index >= 15 is 0 Å². The predicted molar refractivity (Wildman–Crippen MR) is 47.9 cm³/mol. The average molecular weight is 171 g/mol. The number of hydrogen-bond donors (Lipinski definition) is 0. The van der Waals surface area contributed by atoms with Crippen LogP contribution in [0.15, 0.2) is 21.6 Å². The number of thioether (sulfide) groups is 1. The van der Waals surface area contributed by atoms with E-state index in [0.717, 1.165) is 17.4 Å². The fraction of sp³-hybridized carbons (Fsp3) is 0.500. The van der Waals surface area contributed by atoms with E-state index in [0.29, 0.717) is 0 Å². The van der Waals surface area contributed by atoms with Crippen LogP contribution in [0.3, 0.4) is 0 Å². The summed E-state index contributed by atoms with van der Waals surface area (Å²) in [5.74, 6) is 1.03. The minimum absolute atomic E-state index is 0.876. The SMILES string of the molecule is CSc1ccc(CN(C)C)o1. The van der Waals surface area contributed by atoms with Gasteiger partial charge in [0, 0.05) is 0 Å². The molecule has 0 aromatic carbocycles. The lowest BCUT2D eigenvalue weighted by Crippen LogP contribution is -2.09. The van der Waals surface area contributed by atoms with E-state index < -0.39 is 0 Å². The molecule has 62 valence electrons. The minimum Gasteiger partial charge on any atom is -0.454 e. The van der Waals surface area contributed by atoms with Gasteiger partial charge in [0.2, 0.25) is 0 Å². The molecule has 0 aliphatic rings. The van der Waals surface area contributed by atoms with Crippen molar-refractivity contribution in [3.63, 3.8) is 0 Å². The number of rotatable bonds is 3. The fourth-order valence-corrected chi connectivity index (χ4v) is 1.26. The Morgan fingerprint density at radius 1 is 1.45 bits per heavy atom. The van der Waals surface area contributed by atoms with Crippen molar-refractivity contribution in [3.8, 4) is 0 Å². The zero-order chi connectivity index (χ0) is 8.27. The zero-order valence-electron chi connectivity index (χ0n) is 7.13. The largest absolute Gasteiger partial charge is 0.454 e. The van der Waals surface area contributed by atoms with Crippen LogP contribution < -0.4 is 0 Å². The predicted octanol–water partition coefficient (Wildman–Crippen LogP) is 2.06. The van der Waals surface area contributed by atoms with Crippen molar-refractivity contribution < 1.29 is 4.42 Å². The van der Waals surface area contributed by atoms with Gasteiger partial charge in [-0.1, -0.05) is 11.8 Å². The molecular formula is C8H13NOS. The molecule has 0 atom stereocenters. The summed E-state index contributed by atoms with van der Waals surface area (Å²) in [6, 6.07) is 4.02. The van der Waals surface area contributed by atoms with Crippen LogP contribution in [0, 0.1) is 0 Å². The third-order valence-electron chi connectivity index (χ3n) is 1.31. The summed E-state index contributed by atoms with van der Waals surface area (Å²) in [7, 11) is 4.06. The number of hydrogen-bond acceptors (Lipinski definition) is 3. The average Bonchev–Trinajstić information content (AvgIpc) is 2.34. The highest BCUT2D eigenvalue weighted by atomic mass is 32.2.